The molecule has 0 bridgehead atoms. The molecular weight excluding hydrogens is 140 g/mol. The van der Waals surface area contributed by atoms with Crippen molar-refractivity contribution in [2.24, 2.45) is 0 Å². The molecule has 0 aliphatic heterocycles. The topological polar surface area (TPSA) is 48.9 Å². The zero-order valence-electron chi connectivity index (χ0n) is 6.38. The quantitative estimate of drug-likeness (QED) is 0.668. The first-order valence-electron chi connectivity index (χ1n) is 4.05. The van der Waals surface area contributed by atoms with E-state index >= 15 is 0 Å². The average Bonchev–Trinajstić information content (AvgIpc) is 2.32. The second-order valence-electron chi connectivity index (χ2n) is 3.08. The average molecular weight is 152 g/mol. The van der Waals surface area contributed by atoms with Gasteiger partial charge in [-0.1, -0.05) is 6.42 Å². The van der Waals surface area contributed by atoms with Crippen LogP contribution in [0.15, 0.2) is 6.20 Å². The molecule has 1 aliphatic carbocycles. The number of hydrogen-bond acceptors (Lipinski definition) is 2. The molecule has 2 rings (SSSR count). The summed E-state index contributed by atoms with van der Waals surface area (Å²) in [5.41, 5.74) is 0.826. The SMILES string of the molecule is OCc1cnc(C2CCC2)[nH]1. The van der Waals surface area contributed by atoms with Crippen molar-refractivity contribution < 1.29 is 5.11 Å². The Bertz CT molecular complexity index is 240. The molecule has 0 aromatic carbocycles. The molecular formula is C8H12N2O. The van der Waals surface area contributed by atoms with Crippen LogP contribution in [0.25, 0.3) is 0 Å². The molecule has 1 aliphatic rings. The summed E-state index contributed by atoms with van der Waals surface area (Å²) in [7, 11) is 0. The minimum Gasteiger partial charge on any atom is -0.390 e. The summed E-state index contributed by atoms with van der Waals surface area (Å²) < 4.78 is 0. The fourth-order valence-electron chi connectivity index (χ4n) is 1.35. The Balaban J connectivity index is 2.11. The van der Waals surface area contributed by atoms with Gasteiger partial charge in [0.25, 0.3) is 0 Å². The lowest BCUT2D eigenvalue weighted by Crippen LogP contribution is -2.10. The van der Waals surface area contributed by atoms with E-state index < -0.39 is 0 Å². The fraction of sp³-hybridized carbons (Fsp3) is 0.625. The van der Waals surface area contributed by atoms with Gasteiger partial charge in [0.1, 0.15) is 5.82 Å². The molecule has 1 heterocycles. The Morgan fingerprint density at radius 1 is 1.64 bits per heavy atom. The van der Waals surface area contributed by atoms with Crippen LogP contribution >= 0.6 is 0 Å². The standard InChI is InChI=1S/C8H12N2O/c11-5-7-4-9-8(10-7)6-2-1-3-6/h4,6,11H,1-3,5H2,(H,9,10). The predicted octanol–water partition coefficient (Wildman–Crippen LogP) is 1.17. The van der Waals surface area contributed by atoms with Crippen molar-refractivity contribution in [2.75, 3.05) is 0 Å². The van der Waals surface area contributed by atoms with Crippen LogP contribution in [0.3, 0.4) is 0 Å². The van der Waals surface area contributed by atoms with Crippen LogP contribution in [-0.4, -0.2) is 15.1 Å². The third kappa shape index (κ3) is 1.16. The lowest BCUT2D eigenvalue weighted by atomic mass is 9.85. The minimum absolute atomic E-state index is 0.0692. The molecule has 0 unspecified atom stereocenters. The van der Waals surface area contributed by atoms with Crippen molar-refractivity contribution in [1.29, 1.82) is 0 Å². The van der Waals surface area contributed by atoms with Gasteiger partial charge in [-0.3, -0.25) is 0 Å². The van der Waals surface area contributed by atoms with Gasteiger partial charge >= 0.3 is 0 Å². The number of nitrogens with one attached hydrogen (secondary N) is 1. The second kappa shape index (κ2) is 2.66. The monoisotopic (exact) mass is 152 g/mol. The minimum atomic E-state index is 0.0692. The lowest BCUT2D eigenvalue weighted by molar-refractivity contribution is 0.277. The van der Waals surface area contributed by atoms with Crippen molar-refractivity contribution in [3.05, 3.63) is 17.7 Å². The first-order chi connectivity index (χ1) is 5.40. The molecule has 0 spiro atoms. The van der Waals surface area contributed by atoms with Crippen molar-refractivity contribution in [1.82, 2.24) is 9.97 Å². The Kier molecular flexibility index (Phi) is 1.66. The van der Waals surface area contributed by atoms with E-state index in [-0.39, 0.29) is 6.61 Å². The number of aliphatic hydroxyl groups is 1. The van der Waals surface area contributed by atoms with Crippen LogP contribution in [0.1, 0.15) is 36.7 Å². The van der Waals surface area contributed by atoms with Crippen molar-refractivity contribution >= 4 is 0 Å². The highest BCUT2D eigenvalue weighted by Crippen LogP contribution is 2.34. The number of rotatable bonds is 2. The summed E-state index contributed by atoms with van der Waals surface area (Å²) in [6.45, 7) is 0.0692. The fourth-order valence-corrected chi connectivity index (χ4v) is 1.35. The van der Waals surface area contributed by atoms with Crippen molar-refractivity contribution in [2.45, 2.75) is 31.8 Å². The zero-order valence-corrected chi connectivity index (χ0v) is 6.38. The normalized spacial score (nSPS) is 18.3. The molecule has 11 heavy (non-hydrogen) atoms. The van der Waals surface area contributed by atoms with E-state index in [2.05, 4.69) is 9.97 Å². The van der Waals surface area contributed by atoms with Crippen molar-refractivity contribution in [3.8, 4) is 0 Å². The summed E-state index contributed by atoms with van der Waals surface area (Å²) >= 11 is 0. The second-order valence-corrected chi connectivity index (χ2v) is 3.08. The van der Waals surface area contributed by atoms with Gasteiger partial charge in [-0.2, -0.15) is 0 Å². The van der Waals surface area contributed by atoms with Crippen LogP contribution in [0.4, 0.5) is 0 Å². The zero-order chi connectivity index (χ0) is 7.68. The number of aromatic amines is 1. The van der Waals surface area contributed by atoms with Crippen LogP contribution in [-0.2, 0) is 6.61 Å². The van der Waals surface area contributed by atoms with Crippen LogP contribution < -0.4 is 0 Å². The Morgan fingerprint density at radius 3 is 2.91 bits per heavy atom. The molecule has 1 aromatic rings. The highest BCUT2D eigenvalue weighted by molar-refractivity contribution is 5.06. The Labute approximate surface area is 65.5 Å². The molecule has 60 valence electrons. The van der Waals surface area contributed by atoms with E-state index in [1.54, 1.807) is 6.20 Å². The summed E-state index contributed by atoms with van der Waals surface area (Å²) in [4.78, 5) is 7.30. The maximum absolute atomic E-state index is 8.75. The van der Waals surface area contributed by atoms with Crippen LogP contribution in [0.2, 0.25) is 0 Å². The molecule has 0 saturated heterocycles. The van der Waals surface area contributed by atoms with Gasteiger partial charge in [0.05, 0.1) is 18.5 Å². The third-order valence-corrected chi connectivity index (χ3v) is 2.31. The van der Waals surface area contributed by atoms with Gasteiger partial charge in [0, 0.05) is 5.92 Å². The molecule has 2 N–H and O–H groups in total. The Hall–Kier alpha value is -0.830. The van der Waals surface area contributed by atoms with Crippen molar-refractivity contribution in [3.63, 3.8) is 0 Å². The van der Waals surface area contributed by atoms with Gasteiger partial charge in [0.2, 0.25) is 0 Å². The van der Waals surface area contributed by atoms with Gasteiger partial charge < -0.3 is 10.1 Å². The van der Waals surface area contributed by atoms with Crippen LogP contribution in [0.5, 0.6) is 0 Å². The van der Waals surface area contributed by atoms with E-state index in [1.807, 2.05) is 0 Å². The molecule has 1 fully saturated rings. The summed E-state index contributed by atoms with van der Waals surface area (Å²) in [6, 6.07) is 0. The first-order valence-corrected chi connectivity index (χ1v) is 4.05. The summed E-state index contributed by atoms with van der Waals surface area (Å²) in [5, 5.41) is 8.75. The van der Waals surface area contributed by atoms with Gasteiger partial charge in [-0.25, -0.2) is 4.98 Å². The van der Waals surface area contributed by atoms with Gasteiger partial charge in [0.15, 0.2) is 0 Å². The van der Waals surface area contributed by atoms with E-state index in [1.165, 1.54) is 19.3 Å². The molecule has 3 heteroatoms. The third-order valence-electron chi connectivity index (χ3n) is 2.31. The predicted molar refractivity (Wildman–Crippen MR) is 41.1 cm³/mol. The molecule has 0 atom stereocenters. The molecule has 0 radical (unpaired) electrons. The number of aliphatic hydroxyl groups excluding tert-OH is 1. The van der Waals surface area contributed by atoms with E-state index in [0.717, 1.165) is 11.5 Å². The number of imidazole rings is 1. The maximum Gasteiger partial charge on any atom is 0.109 e. The number of hydrogen-bond donors (Lipinski definition) is 2. The maximum atomic E-state index is 8.75. The summed E-state index contributed by atoms with van der Waals surface area (Å²) in [6.07, 6.45) is 5.53. The first kappa shape index (κ1) is 6.85. The van der Waals surface area contributed by atoms with Crippen LogP contribution in [0, 0.1) is 0 Å². The molecule has 3 nitrogen and oxygen atoms in total. The van der Waals surface area contributed by atoms with E-state index in [9.17, 15) is 0 Å². The number of H-pyrrole nitrogens is 1. The number of aromatic nitrogens is 2. The summed E-state index contributed by atoms with van der Waals surface area (Å²) in [5.74, 6) is 1.69. The Morgan fingerprint density at radius 2 is 2.45 bits per heavy atom. The largest absolute Gasteiger partial charge is 0.390 e. The lowest BCUT2D eigenvalue weighted by Gasteiger charge is -2.22. The van der Waals surface area contributed by atoms with E-state index in [4.69, 9.17) is 5.11 Å². The molecule has 1 saturated carbocycles. The number of nitrogens with zero attached hydrogens (tertiary/aromatic N) is 1. The van der Waals surface area contributed by atoms with E-state index in [0.29, 0.717) is 5.92 Å². The molecule has 0 amide bonds. The molecule has 1 aromatic heterocycles. The highest BCUT2D eigenvalue weighted by Gasteiger charge is 2.21. The van der Waals surface area contributed by atoms with Gasteiger partial charge in [-0.05, 0) is 12.8 Å². The van der Waals surface area contributed by atoms with Gasteiger partial charge in [-0.15, -0.1) is 0 Å². The smallest absolute Gasteiger partial charge is 0.109 e. The highest BCUT2D eigenvalue weighted by atomic mass is 16.3.